The molecule has 4 saturated carbocycles. The Bertz CT molecular complexity index is 408. The van der Waals surface area contributed by atoms with Crippen molar-refractivity contribution in [2.45, 2.75) is 71.6 Å². The molecule has 0 saturated heterocycles. The van der Waals surface area contributed by atoms with E-state index in [1.807, 2.05) is 0 Å². The van der Waals surface area contributed by atoms with Crippen LogP contribution in [0.4, 0.5) is 0 Å². The molecular weight excluding hydrogens is 228 g/mol. The van der Waals surface area contributed by atoms with Crippen molar-refractivity contribution in [2.75, 3.05) is 0 Å². The van der Waals surface area contributed by atoms with Crippen LogP contribution >= 0.6 is 0 Å². The maximum Gasteiger partial charge on any atom is -0.0200 e. The average molecular weight is 258 g/mol. The second kappa shape index (κ2) is 3.89. The fraction of sp³-hybridized carbons (Fsp3) is 0.895. The highest BCUT2D eigenvalue weighted by Crippen LogP contribution is 2.70. The van der Waals surface area contributed by atoms with Crippen LogP contribution in [0.2, 0.25) is 0 Å². The molecule has 0 aromatic heterocycles. The maximum absolute atomic E-state index is 4.42. The third-order valence-electron chi connectivity index (χ3n) is 8.01. The van der Waals surface area contributed by atoms with Crippen molar-refractivity contribution in [1.29, 1.82) is 0 Å². The summed E-state index contributed by atoms with van der Waals surface area (Å²) in [5.74, 6) is 3.94. The molecular formula is C19H30. The van der Waals surface area contributed by atoms with Crippen LogP contribution in [0.1, 0.15) is 71.6 Å². The molecule has 0 aromatic rings. The molecule has 6 atom stereocenters. The second-order valence-corrected chi connectivity index (χ2v) is 8.75. The number of hydrogen-bond acceptors (Lipinski definition) is 0. The predicted molar refractivity (Wildman–Crippen MR) is 80.9 cm³/mol. The summed E-state index contributed by atoms with van der Waals surface area (Å²) in [6.45, 7) is 9.65. The summed E-state index contributed by atoms with van der Waals surface area (Å²) >= 11 is 0. The first-order valence-corrected chi connectivity index (χ1v) is 8.73. The van der Waals surface area contributed by atoms with Crippen molar-refractivity contribution in [1.82, 2.24) is 0 Å². The number of fused-ring (bicyclic) bond motifs is 3. The summed E-state index contributed by atoms with van der Waals surface area (Å²) in [6, 6.07) is 0. The Balaban J connectivity index is 1.73. The highest BCUT2D eigenvalue weighted by Gasteiger charge is 2.61. The summed E-state index contributed by atoms with van der Waals surface area (Å²) in [7, 11) is 0. The fourth-order valence-corrected chi connectivity index (χ4v) is 7.27. The van der Waals surface area contributed by atoms with Gasteiger partial charge in [0.05, 0.1) is 0 Å². The van der Waals surface area contributed by atoms with Gasteiger partial charge in [-0.2, -0.15) is 0 Å². The van der Waals surface area contributed by atoms with Gasteiger partial charge in [-0.15, -0.1) is 0 Å². The molecule has 1 spiro atoms. The monoisotopic (exact) mass is 258 g/mol. The topological polar surface area (TPSA) is 0 Å². The van der Waals surface area contributed by atoms with Gasteiger partial charge in [-0.25, -0.2) is 0 Å². The first kappa shape index (κ1) is 12.5. The lowest BCUT2D eigenvalue weighted by Crippen LogP contribution is -2.53. The van der Waals surface area contributed by atoms with E-state index in [0.29, 0.717) is 10.8 Å². The highest BCUT2D eigenvalue weighted by atomic mass is 14.7. The molecule has 106 valence electrons. The molecule has 0 aromatic carbocycles. The number of hydrogen-bond donors (Lipinski definition) is 0. The lowest BCUT2D eigenvalue weighted by molar-refractivity contribution is -0.120. The van der Waals surface area contributed by atoms with E-state index in [-0.39, 0.29) is 0 Å². The van der Waals surface area contributed by atoms with Crippen LogP contribution < -0.4 is 0 Å². The van der Waals surface area contributed by atoms with Gasteiger partial charge in [0.25, 0.3) is 0 Å². The smallest absolute Gasteiger partial charge is 0.0200 e. The molecule has 0 aliphatic heterocycles. The second-order valence-electron chi connectivity index (χ2n) is 8.75. The van der Waals surface area contributed by atoms with Crippen molar-refractivity contribution >= 4 is 0 Å². The van der Waals surface area contributed by atoms with Gasteiger partial charge in [0.15, 0.2) is 0 Å². The molecule has 4 aliphatic carbocycles. The van der Waals surface area contributed by atoms with E-state index in [2.05, 4.69) is 20.4 Å². The largest absolute Gasteiger partial charge is 0.0996 e. The SMILES string of the molecule is C=C1C[C@@]23CCC4C(C)CCC[C@@]4(C)C2CC[C@H]1C3. The van der Waals surface area contributed by atoms with Crippen molar-refractivity contribution in [3.8, 4) is 0 Å². The summed E-state index contributed by atoms with van der Waals surface area (Å²) in [5, 5.41) is 0. The zero-order valence-corrected chi connectivity index (χ0v) is 12.9. The molecule has 3 unspecified atom stereocenters. The van der Waals surface area contributed by atoms with Crippen LogP contribution in [0.25, 0.3) is 0 Å². The fourth-order valence-electron chi connectivity index (χ4n) is 7.27. The Labute approximate surface area is 119 Å². The van der Waals surface area contributed by atoms with E-state index >= 15 is 0 Å². The molecule has 0 heterocycles. The summed E-state index contributed by atoms with van der Waals surface area (Å²) in [5.41, 5.74) is 2.99. The van der Waals surface area contributed by atoms with Crippen molar-refractivity contribution in [2.24, 2.45) is 34.5 Å². The van der Waals surface area contributed by atoms with Crippen LogP contribution in [0.15, 0.2) is 12.2 Å². The Kier molecular flexibility index (Phi) is 2.56. The van der Waals surface area contributed by atoms with E-state index in [1.165, 1.54) is 57.8 Å². The molecule has 0 N–H and O–H groups in total. The van der Waals surface area contributed by atoms with Crippen molar-refractivity contribution in [3.05, 3.63) is 12.2 Å². The molecule has 19 heavy (non-hydrogen) atoms. The van der Waals surface area contributed by atoms with Gasteiger partial charge in [-0.1, -0.05) is 38.8 Å². The van der Waals surface area contributed by atoms with Gasteiger partial charge in [0.1, 0.15) is 0 Å². The first-order valence-electron chi connectivity index (χ1n) is 8.73. The quantitative estimate of drug-likeness (QED) is 0.497. The zero-order valence-electron chi connectivity index (χ0n) is 12.9. The third-order valence-corrected chi connectivity index (χ3v) is 8.01. The van der Waals surface area contributed by atoms with E-state index in [1.54, 1.807) is 5.57 Å². The van der Waals surface area contributed by atoms with Crippen molar-refractivity contribution < 1.29 is 0 Å². The van der Waals surface area contributed by atoms with Gasteiger partial charge in [0.2, 0.25) is 0 Å². The van der Waals surface area contributed by atoms with Crippen LogP contribution in [0, 0.1) is 34.5 Å². The van der Waals surface area contributed by atoms with E-state index in [0.717, 1.165) is 23.7 Å². The minimum atomic E-state index is 0.672. The third kappa shape index (κ3) is 1.52. The number of rotatable bonds is 0. The average Bonchev–Trinajstić information content (AvgIpc) is 2.59. The maximum atomic E-state index is 4.42. The van der Waals surface area contributed by atoms with Gasteiger partial charge >= 0.3 is 0 Å². The summed E-state index contributed by atoms with van der Waals surface area (Å²) < 4.78 is 0. The molecule has 0 radical (unpaired) electrons. The van der Waals surface area contributed by atoms with Crippen LogP contribution in [0.3, 0.4) is 0 Å². The van der Waals surface area contributed by atoms with E-state index in [4.69, 9.17) is 0 Å². The molecule has 0 amide bonds. The van der Waals surface area contributed by atoms with E-state index in [9.17, 15) is 0 Å². The van der Waals surface area contributed by atoms with Crippen molar-refractivity contribution in [3.63, 3.8) is 0 Å². The minimum absolute atomic E-state index is 0.672. The van der Waals surface area contributed by atoms with Crippen LogP contribution in [0.5, 0.6) is 0 Å². The van der Waals surface area contributed by atoms with Gasteiger partial charge in [-0.05, 0) is 79.4 Å². The minimum Gasteiger partial charge on any atom is -0.0996 e. The zero-order chi connectivity index (χ0) is 13.3. The predicted octanol–water partition coefficient (Wildman–Crippen LogP) is 5.59. The molecule has 0 nitrogen and oxygen atoms in total. The van der Waals surface area contributed by atoms with E-state index < -0.39 is 0 Å². The summed E-state index contributed by atoms with van der Waals surface area (Å²) in [6.07, 6.45) is 13.4. The Hall–Kier alpha value is -0.260. The molecule has 2 bridgehead atoms. The molecule has 4 rings (SSSR count). The van der Waals surface area contributed by atoms with Crippen LogP contribution in [-0.2, 0) is 0 Å². The normalized spacial score (nSPS) is 56.6. The van der Waals surface area contributed by atoms with Gasteiger partial charge < -0.3 is 0 Å². The standard InChI is InChI=1S/C19H30/c1-13-5-4-9-18(3)16(13)8-10-19-11-14(2)15(12-19)6-7-17(18)19/h13,15-17H,2,4-12H2,1,3H3/t13?,15-,16?,17?,18+,19+/m0/s1. The highest BCUT2D eigenvalue weighted by molar-refractivity contribution is 5.21. The lowest BCUT2D eigenvalue weighted by atomic mass is 9.43. The van der Waals surface area contributed by atoms with Gasteiger partial charge in [0, 0.05) is 0 Å². The molecule has 4 fully saturated rings. The Morgan fingerprint density at radius 3 is 2.79 bits per heavy atom. The lowest BCUT2D eigenvalue weighted by Gasteiger charge is -2.61. The van der Waals surface area contributed by atoms with Gasteiger partial charge in [-0.3, -0.25) is 0 Å². The number of allylic oxidation sites excluding steroid dienone is 1. The molecule has 0 heteroatoms. The Morgan fingerprint density at radius 2 is 1.95 bits per heavy atom. The first-order chi connectivity index (χ1) is 9.05. The summed E-state index contributed by atoms with van der Waals surface area (Å²) in [4.78, 5) is 0. The van der Waals surface area contributed by atoms with Crippen LogP contribution in [-0.4, -0.2) is 0 Å². The Morgan fingerprint density at radius 1 is 1.11 bits per heavy atom. The molecule has 4 aliphatic rings.